The van der Waals surface area contributed by atoms with Gasteiger partial charge < -0.3 is 19.7 Å². The van der Waals surface area contributed by atoms with Crippen LogP contribution in [0.3, 0.4) is 0 Å². The molecule has 18 heavy (non-hydrogen) atoms. The predicted octanol–water partition coefficient (Wildman–Crippen LogP) is 2.12. The Kier molecular flexibility index (Phi) is 8.03. The maximum atomic E-state index is 10.3. The van der Waals surface area contributed by atoms with Gasteiger partial charge >= 0.3 is 0 Å². The number of ether oxygens (including phenoxy) is 2. The smallest absolute Gasteiger partial charge is 0.125 e. The van der Waals surface area contributed by atoms with Crippen LogP contribution in [0.1, 0.15) is 53.9 Å². The fourth-order valence-electron chi connectivity index (χ4n) is 3.05. The summed E-state index contributed by atoms with van der Waals surface area (Å²) in [6.45, 7) is 10.6. The van der Waals surface area contributed by atoms with Crippen molar-refractivity contribution in [3.63, 3.8) is 0 Å². The van der Waals surface area contributed by atoms with E-state index in [1.165, 1.54) is 0 Å². The fraction of sp³-hybridized carbons (Fsp3) is 1.00. The van der Waals surface area contributed by atoms with Crippen molar-refractivity contribution in [2.75, 3.05) is 19.8 Å². The minimum absolute atomic E-state index is 0.317. The van der Waals surface area contributed by atoms with Gasteiger partial charge in [-0.1, -0.05) is 20.8 Å². The molecule has 0 aliphatic rings. The molecule has 0 amide bonds. The molecule has 0 bridgehead atoms. The molecule has 2 N–H and O–H groups in total. The van der Waals surface area contributed by atoms with E-state index in [-0.39, 0.29) is 6.61 Å². The Bertz CT molecular complexity index is 216. The average Bonchev–Trinajstić information content (AvgIpc) is 2.41. The minimum atomic E-state index is -0.936. The van der Waals surface area contributed by atoms with E-state index in [0.717, 1.165) is 12.8 Å². The van der Waals surface area contributed by atoms with Gasteiger partial charge in [-0.2, -0.15) is 0 Å². The molecule has 4 nitrogen and oxygen atoms in total. The summed E-state index contributed by atoms with van der Waals surface area (Å²) in [4.78, 5) is 0. The molecule has 0 fully saturated rings. The molecule has 0 aromatic carbocycles. The van der Waals surface area contributed by atoms with Crippen molar-refractivity contribution in [3.05, 3.63) is 0 Å². The third-order valence-corrected chi connectivity index (χ3v) is 3.97. The quantitative estimate of drug-likeness (QED) is 0.633. The summed E-state index contributed by atoms with van der Waals surface area (Å²) in [5.41, 5.74) is -1.41. The molecule has 4 heteroatoms. The zero-order valence-electron chi connectivity index (χ0n) is 12.5. The lowest BCUT2D eigenvalue weighted by Gasteiger charge is -2.51. The number of rotatable bonds is 10. The van der Waals surface area contributed by atoms with E-state index in [0.29, 0.717) is 19.6 Å². The van der Waals surface area contributed by atoms with Crippen molar-refractivity contribution in [2.24, 2.45) is 0 Å². The van der Waals surface area contributed by atoms with E-state index in [2.05, 4.69) is 0 Å². The zero-order valence-corrected chi connectivity index (χ0v) is 12.5. The molecule has 0 spiro atoms. The van der Waals surface area contributed by atoms with Crippen LogP contribution in [-0.4, -0.2) is 47.3 Å². The van der Waals surface area contributed by atoms with Crippen LogP contribution in [-0.2, 0) is 9.47 Å². The lowest BCUT2D eigenvalue weighted by atomic mass is 9.73. The molecule has 110 valence electrons. The molecular formula is C14H30O4. The van der Waals surface area contributed by atoms with Gasteiger partial charge in [0.05, 0.1) is 12.2 Å². The zero-order chi connectivity index (χ0) is 14.2. The minimum Gasteiger partial charge on any atom is -0.394 e. The Labute approximate surface area is 111 Å². The first-order chi connectivity index (χ1) is 8.53. The van der Waals surface area contributed by atoms with Gasteiger partial charge in [-0.25, -0.2) is 0 Å². The molecule has 0 aliphatic heterocycles. The molecule has 0 aromatic rings. The van der Waals surface area contributed by atoms with E-state index in [1.807, 2.05) is 34.6 Å². The Morgan fingerprint density at radius 1 is 0.889 bits per heavy atom. The highest BCUT2D eigenvalue weighted by Crippen LogP contribution is 2.41. The Morgan fingerprint density at radius 3 is 1.67 bits per heavy atom. The van der Waals surface area contributed by atoms with Crippen molar-refractivity contribution in [1.82, 2.24) is 0 Å². The van der Waals surface area contributed by atoms with Gasteiger partial charge in [0, 0.05) is 13.2 Å². The van der Waals surface area contributed by atoms with Crippen LogP contribution in [0, 0.1) is 0 Å². The second-order valence-corrected chi connectivity index (χ2v) is 4.51. The van der Waals surface area contributed by atoms with Crippen LogP contribution < -0.4 is 0 Å². The highest BCUT2D eigenvalue weighted by atomic mass is 16.6. The Hall–Kier alpha value is -0.160. The van der Waals surface area contributed by atoms with Crippen LogP contribution in [0.25, 0.3) is 0 Å². The van der Waals surface area contributed by atoms with E-state index < -0.39 is 17.3 Å². The Morgan fingerprint density at radius 2 is 1.39 bits per heavy atom. The summed E-state index contributed by atoms with van der Waals surface area (Å²) in [5.74, 6) is 0. The van der Waals surface area contributed by atoms with Gasteiger partial charge in [0.15, 0.2) is 0 Å². The van der Waals surface area contributed by atoms with Gasteiger partial charge in [-0.15, -0.1) is 0 Å². The van der Waals surface area contributed by atoms with Crippen molar-refractivity contribution in [2.45, 2.75) is 71.2 Å². The molecule has 0 unspecified atom stereocenters. The first kappa shape index (κ1) is 17.8. The lowest BCUT2D eigenvalue weighted by Crippen LogP contribution is -2.64. The molecule has 0 saturated carbocycles. The molecule has 0 saturated heterocycles. The SMILES string of the molecule is CCOC(CC)(CC)[C@](CC)(OCC)[C@H](O)CO. The summed E-state index contributed by atoms with van der Waals surface area (Å²) in [6, 6.07) is 0. The normalized spacial score (nSPS) is 17.5. The van der Waals surface area contributed by atoms with Crippen molar-refractivity contribution in [3.8, 4) is 0 Å². The Balaban J connectivity index is 5.58. The highest BCUT2D eigenvalue weighted by Gasteiger charge is 2.54. The molecule has 0 rings (SSSR count). The predicted molar refractivity (Wildman–Crippen MR) is 72.7 cm³/mol. The molecule has 0 radical (unpaired) electrons. The average molecular weight is 262 g/mol. The summed E-state index contributed by atoms with van der Waals surface area (Å²) < 4.78 is 11.9. The van der Waals surface area contributed by atoms with E-state index in [4.69, 9.17) is 9.47 Å². The first-order valence-corrected chi connectivity index (χ1v) is 7.10. The summed E-state index contributed by atoms with van der Waals surface area (Å²) in [7, 11) is 0. The van der Waals surface area contributed by atoms with E-state index >= 15 is 0 Å². The monoisotopic (exact) mass is 262 g/mol. The van der Waals surface area contributed by atoms with Crippen LogP contribution in [0.4, 0.5) is 0 Å². The third kappa shape index (κ3) is 3.05. The van der Waals surface area contributed by atoms with Crippen LogP contribution >= 0.6 is 0 Å². The number of aliphatic hydroxyl groups is 2. The largest absolute Gasteiger partial charge is 0.394 e. The molecule has 0 aliphatic carbocycles. The first-order valence-electron chi connectivity index (χ1n) is 7.10. The summed E-state index contributed by atoms with van der Waals surface area (Å²) in [6.07, 6.45) is 1.14. The number of hydrogen-bond acceptors (Lipinski definition) is 4. The van der Waals surface area contributed by atoms with Gasteiger partial charge in [-0.05, 0) is 33.1 Å². The van der Waals surface area contributed by atoms with Gasteiger partial charge in [0.1, 0.15) is 11.7 Å². The second-order valence-electron chi connectivity index (χ2n) is 4.51. The van der Waals surface area contributed by atoms with Gasteiger partial charge in [0.25, 0.3) is 0 Å². The van der Waals surface area contributed by atoms with Crippen molar-refractivity contribution < 1.29 is 19.7 Å². The van der Waals surface area contributed by atoms with E-state index in [1.54, 1.807) is 0 Å². The topological polar surface area (TPSA) is 58.9 Å². The van der Waals surface area contributed by atoms with Gasteiger partial charge in [0.2, 0.25) is 0 Å². The van der Waals surface area contributed by atoms with Crippen molar-refractivity contribution >= 4 is 0 Å². The fourth-order valence-corrected chi connectivity index (χ4v) is 3.05. The maximum absolute atomic E-state index is 10.3. The maximum Gasteiger partial charge on any atom is 0.125 e. The number of aliphatic hydroxyl groups excluding tert-OH is 2. The highest BCUT2D eigenvalue weighted by molar-refractivity contribution is 5.05. The summed E-state index contributed by atoms with van der Waals surface area (Å²) in [5, 5.41) is 19.6. The standard InChI is InChI=1S/C14H30O4/c1-6-13(7-2,17-9-4)14(8-3,18-10-5)12(16)11-15/h12,15-16H,6-11H2,1-5H3/t12-,14-/m1/s1. The second kappa shape index (κ2) is 8.10. The lowest BCUT2D eigenvalue weighted by molar-refractivity contribution is -0.255. The van der Waals surface area contributed by atoms with E-state index in [9.17, 15) is 10.2 Å². The number of hydrogen-bond donors (Lipinski definition) is 2. The van der Waals surface area contributed by atoms with Crippen molar-refractivity contribution in [1.29, 1.82) is 0 Å². The van der Waals surface area contributed by atoms with Crippen LogP contribution in [0.15, 0.2) is 0 Å². The molecule has 0 aromatic heterocycles. The van der Waals surface area contributed by atoms with Crippen LogP contribution in [0.2, 0.25) is 0 Å². The molecular weight excluding hydrogens is 232 g/mol. The van der Waals surface area contributed by atoms with Crippen LogP contribution in [0.5, 0.6) is 0 Å². The summed E-state index contributed by atoms with van der Waals surface area (Å²) >= 11 is 0. The van der Waals surface area contributed by atoms with Gasteiger partial charge in [-0.3, -0.25) is 0 Å². The molecule has 2 atom stereocenters. The third-order valence-electron chi connectivity index (χ3n) is 3.97. The molecule has 0 heterocycles.